The van der Waals surface area contributed by atoms with Gasteiger partial charge in [0.2, 0.25) is 0 Å². The van der Waals surface area contributed by atoms with Crippen molar-refractivity contribution in [3.05, 3.63) is 90.3 Å². The van der Waals surface area contributed by atoms with E-state index in [0.717, 1.165) is 22.4 Å². The van der Waals surface area contributed by atoms with Crippen LogP contribution >= 0.6 is 12.2 Å². The smallest absolute Gasteiger partial charge is 0.406 e. The number of hydrazone groups is 1. The highest BCUT2D eigenvalue weighted by Gasteiger charge is 2.31. The Morgan fingerprint density at radius 1 is 0.974 bits per heavy atom. The number of halogens is 3. The van der Waals surface area contributed by atoms with E-state index in [4.69, 9.17) is 12.2 Å². The van der Waals surface area contributed by atoms with Crippen molar-refractivity contribution in [3.8, 4) is 22.8 Å². The summed E-state index contributed by atoms with van der Waals surface area (Å²) in [7, 11) is 0. The molecule has 7 nitrogen and oxygen atoms in total. The van der Waals surface area contributed by atoms with Crippen LogP contribution in [0.15, 0.2) is 84.2 Å². The number of aromatic nitrogens is 3. The Kier molecular flexibility index (Phi) is 7.77. The van der Waals surface area contributed by atoms with Gasteiger partial charge in [-0.15, -0.1) is 18.3 Å². The molecule has 0 fully saturated rings. The third-order valence-electron chi connectivity index (χ3n) is 5.36. The number of para-hydroxylation sites is 1. The zero-order valence-electron chi connectivity index (χ0n) is 20.8. The van der Waals surface area contributed by atoms with E-state index < -0.39 is 6.36 Å². The number of alkyl halides is 3. The van der Waals surface area contributed by atoms with Gasteiger partial charge in [-0.05, 0) is 59.1 Å². The predicted molar refractivity (Wildman–Crippen MR) is 146 cm³/mol. The quantitative estimate of drug-likeness (QED) is 0.167. The normalized spacial score (nSPS) is 11.9. The highest BCUT2D eigenvalue weighted by Crippen LogP contribution is 2.29. The van der Waals surface area contributed by atoms with Gasteiger partial charge >= 0.3 is 6.36 Å². The summed E-state index contributed by atoms with van der Waals surface area (Å²) in [6.45, 7) is 6.42. The third kappa shape index (κ3) is 7.16. The van der Waals surface area contributed by atoms with Crippen LogP contribution in [0.3, 0.4) is 0 Å². The van der Waals surface area contributed by atoms with E-state index >= 15 is 0 Å². The van der Waals surface area contributed by atoms with Gasteiger partial charge in [-0.2, -0.15) is 5.10 Å². The highest BCUT2D eigenvalue weighted by molar-refractivity contribution is 7.80. The van der Waals surface area contributed by atoms with Crippen LogP contribution in [0.5, 0.6) is 5.75 Å². The molecule has 0 bridgehead atoms. The first-order chi connectivity index (χ1) is 18.0. The summed E-state index contributed by atoms with van der Waals surface area (Å²) in [5, 5.41) is 12.2. The van der Waals surface area contributed by atoms with Gasteiger partial charge in [-0.3, -0.25) is 5.43 Å². The minimum absolute atomic E-state index is 0.0366. The van der Waals surface area contributed by atoms with Gasteiger partial charge < -0.3 is 10.1 Å². The van der Waals surface area contributed by atoms with Gasteiger partial charge in [-0.1, -0.05) is 63.2 Å². The fraction of sp³-hybridized carbons (Fsp3) is 0.185. The van der Waals surface area contributed by atoms with E-state index in [9.17, 15) is 13.2 Å². The minimum atomic E-state index is -4.74. The average molecular weight is 539 g/mol. The Labute approximate surface area is 223 Å². The lowest BCUT2D eigenvalue weighted by molar-refractivity contribution is -0.274. The van der Waals surface area contributed by atoms with Crippen molar-refractivity contribution in [2.24, 2.45) is 5.10 Å². The van der Waals surface area contributed by atoms with Crippen LogP contribution in [-0.2, 0) is 5.41 Å². The lowest BCUT2D eigenvalue weighted by Gasteiger charge is -2.23. The largest absolute Gasteiger partial charge is 0.573 e. The molecule has 4 rings (SSSR count). The molecule has 11 heteroatoms. The monoisotopic (exact) mass is 538 g/mol. The average Bonchev–Trinajstić information content (AvgIpc) is 3.34. The first kappa shape index (κ1) is 26.8. The zero-order valence-corrected chi connectivity index (χ0v) is 21.6. The molecule has 1 heterocycles. The molecule has 0 atom stereocenters. The molecule has 196 valence electrons. The number of hydrogen-bond acceptors (Lipinski definition) is 5. The molecule has 0 saturated carbocycles. The summed E-state index contributed by atoms with van der Waals surface area (Å²) < 4.78 is 42.4. The van der Waals surface area contributed by atoms with E-state index in [1.54, 1.807) is 6.21 Å². The van der Waals surface area contributed by atoms with Crippen molar-refractivity contribution in [3.63, 3.8) is 0 Å². The number of nitrogens with zero attached hydrogens (tertiary/aromatic N) is 4. The van der Waals surface area contributed by atoms with Gasteiger partial charge in [0.15, 0.2) is 10.9 Å². The maximum atomic E-state index is 12.3. The number of anilines is 1. The molecule has 3 aromatic carbocycles. The number of ether oxygens (including phenoxy) is 1. The Bertz CT molecular complexity index is 1420. The molecule has 1 aromatic heterocycles. The standard InChI is InChI=1S/C27H25F3N6OS/c1-26(2,3)22-6-4-5-7-23(22)33-25(38)34-32-16-18-8-10-19(11-9-18)24-31-17-36(35-24)20-12-14-21(15-13-20)37-27(28,29)30/h4-17H,1-3H3,(H2,33,34,38)/b32-16+. The molecule has 0 saturated heterocycles. The predicted octanol–water partition coefficient (Wildman–Crippen LogP) is 6.45. The lowest BCUT2D eigenvalue weighted by atomic mass is 9.86. The zero-order chi connectivity index (χ0) is 27.3. The fourth-order valence-electron chi connectivity index (χ4n) is 3.60. The maximum Gasteiger partial charge on any atom is 0.573 e. The lowest BCUT2D eigenvalue weighted by Crippen LogP contribution is -2.26. The van der Waals surface area contributed by atoms with E-state index in [2.05, 4.69) is 57.5 Å². The van der Waals surface area contributed by atoms with Gasteiger partial charge in [0.05, 0.1) is 11.9 Å². The van der Waals surface area contributed by atoms with Crippen LogP contribution in [0.2, 0.25) is 0 Å². The molecule has 0 amide bonds. The summed E-state index contributed by atoms with van der Waals surface area (Å²) in [6, 6.07) is 20.8. The Morgan fingerprint density at radius 2 is 1.66 bits per heavy atom. The summed E-state index contributed by atoms with van der Waals surface area (Å²) in [6.07, 6.45) is -1.61. The molecule has 0 aliphatic heterocycles. The van der Waals surface area contributed by atoms with Crippen LogP contribution in [0.25, 0.3) is 17.1 Å². The second-order valence-corrected chi connectivity index (χ2v) is 9.70. The number of benzene rings is 3. The van der Waals surface area contributed by atoms with Crippen molar-refractivity contribution in [1.82, 2.24) is 20.2 Å². The van der Waals surface area contributed by atoms with Gasteiger partial charge in [-0.25, -0.2) is 9.67 Å². The molecular weight excluding hydrogens is 513 g/mol. The van der Waals surface area contributed by atoms with E-state index in [1.807, 2.05) is 42.5 Å². The van der Waals surface area contributed by atoms with E-state index in [-0.39, 0.29) is 11.2 Å². The Morgan fingerprint density at radius 3 is 2.32 bits per heavy atom. The first-order valence-electron chi connectivity index (χ1n) is 11.6. The number of hydrogen-bond donors (Lipinski definition) is 2. The molecule has 0 spiro atoms. The van der Waals surface area contributed by atoms with Crippen LogP contribution in [0.4, 0.5) is 18.9 Å². The topological polar surface area (TPSA) is 76.4 Å². The van der Waals surface area contributed by atoms with Crippen LogP contribution in [0, 0.1) is 0 Å². The number of nitrogens with one attached hydrogen (secondary N) is 2. The molecule has 0 unspecified atom stereocenters. The molecule has 4 aromatic rings. The molecule has 0 aliphatic carbocycles. The van der Waals surface area contributed by atoms with Crippen molar-refractivity contribution in [2.75, 3.05) is 5.32 Å². The fourth-order valence-corrected chi connectivity index (χ4v) is 3.76. The minimum Gasteiger partial charge on any atom is -0.406 e. The summed E-state index contributed by atoms with van der Waals surface area (Å²) in [4.78, 5) is 4.29. The molecular formula is C27H25F3N6OS. The van der Waals surface area contributed by atoms with Gasteiger partial charge in [0, 0.05) is 11.3 Å². The van der Waals surface area contributed by atoms with Gasteiger partial charge in [0.25, 0.3) is 0 Å². The molecule has 0 radical (unpaired) electrons. The van der Waals surface area contributed by atoms with Crippen molar-refractivity contribution < 1.29 is 17.9 Å². The summed E-state index contributed by atoms with van der Waals surface area (Å²) in [5.74, 6) is 0.157. The van der Waals surface area contributed by atoms with Gasteiger partial charge in [0.1, 0.15) is 12.1 Å². The van der Waals surface area contributed by atoms with Crippen molar-refractivity contribution in [1.29, 1.82) is 0 Å². The maximum absolute atomic E-state index is 12.3. The summed E-state index contributed by atoms with van der Waals surface area (Å²) in [5.41, 5.74) is 7.01. The highest BCUT2D eigenvalue weighted by atomic mass is 32.1. The van der Waals surface area contributed by atoms with Crippen molar-refractivity contribution in [2.45, 2.75) is 32.5 Å². The van der Waals surface area contributed by atoms with Crippen LogP contribution < -0.4 is 15.5 Å². The van der Waals surface area contributed by atoms with Crippen LogP contribution in [-0.4, -0.2) is 32.5 Å². The van der Waals surface area contributed by atoms with Crippen molar-refractivity contribution >= 4 is 29.2 Å². The molecule has 0 aliphatic rings. The summed E-state index contributed by atoms with van der Waals surface area (Å²) >= 11 is 5.38. The third-order valence-corrected chi connectivity index (χ3v) is 5.55. The van der Waals surface area contributed by atoms with Crippen LogP contribution in [0.1, 0.15) is 31.9 Å². The Balaban J connectivity index is 1.35. The molecule has 2 N–H and O–H groups in total. The SMILES string of the molecule is CC(C)(C)c1ccccc1NC(=S)N/N=C/c1ccc(-c2ncn(-c3ccc(OC(F)(F)F)cc3)n2)cc1. The Hall–Kier alpha value is -4.25. The van der Waals surface area contributed by atoms with E-state index in [1.165, 1.54) is 35.3 Å². The second kappa shape index (κ2) is 11.0. The second-order valence-electron chi connectivity index (χ2n) is 9.30. The first-order valence-corrected chi connectivity index (χ1v) is 12.0. The molecule has 38 heavy (non-hydrogen) atoms. The number of thiocarbonyl (C=S) groups is 1. The van der Waals surface area contributed by atoms with E-state index in [0.29, 0.717) is 16.6 Å². The number of rotatable bonds is 6.